The van der Waals surface area contributed by atoms with Crippen LogP contribution in [0.4, 0.5) is 0 Å². The highest BCUT2D eigenvalue weighted by molar-refractivity contribution is 7.54. The Hall–Kier alpha value is -0.870. The van der Waals surface area contributed by atoms with Gasteiger partial charge in [0.1, 0.15) is 5.66 Å². The molecule has 0 fully saturated rings. The van der Waals surface area contributed by atoms with Gasteiger partial charge in [-0.15, -0.1) is 11.3 Å². The number of hydrogen-bond acceptors (Lipinski definition) is 4. The highest BCUT2D eigenvalue weighted by Gasteiger charge is 2.40. The minimum absolute atomic E-state index is 0.290. The molecule has 0 saturated carbocycles. The molecular weight excluding hydrogens is 422 g/mol. The summed E-state index contributed by atoms with van der Waals surface area (Å²) < 4.78 is 26.1. The molecule has 0 amide bonds. The maximum Gasteiger partial charge on any atom is 0.339 e. The van der Waals surface area contributed by atoms with Crippen molar-refractivity contribution in [3.05, 3.63) is 69.0 Å². The molecule has 2 aromatic carbocycles. The van der Waals surface area contributed by atoms with Crippen molar-refractivity contribution in [2.24, 2.45) is 0 Å². The number of benzene rings is 2. The average molecular weight is 443 g/mol. The first-order valence-electron chi connectivity index (χ1n) is 8.79. The quantitative estimate of drug-likeness (QED) is 0.334. The van der Waals surface area contributed by atoms with Crippen LogP contribution in [0.5, 0.6) is 0 Å². The van der Waals surface area contributed by atoms with E-state index in [1.807, 2.05) is 62.4 Å². The molecule has 1 heterocycles. The van der Waals surface area contributed by atoms with Crippen LogP contribution in [0.2, 0.25) is 10.0 Å². The summed E-state index contributed by atoms with van der Waals surface area (Å²) in [6.07, 6.45) is 0.420. The average Bonchev–Trinajstić information content (AvgIpc) is 2.98. The van der Waals surface area contributed by atoms with Gasteiger partial charge in [-0.05, 0) is 38.0 Å². The Morgan fingerprint density at radius 3 is 2.26 bits per heavy atom. The maximum atomic E-state index is 13.7. The Kier molecular flexibility index (Phi) is 7.02. The summed E-state index contributed by atoms with van der Waals surface area (Å²) in [5, 5.41) is 2.18. The molecule has 0 N–H and O–H groups in total. The Bertz CT molecular complexity index is 963. The molecule has 144 valence electrons. The first kappa shape index (κ1) is 20.9. The zero-order chi connectivity index (χ0) is 19.4. The van der Waals surface area contributed by atoms with Crippen molar-refractivity contribution in [1.29, 1.82) is 0 Å². The van der Waals surface area contributed by atoms with Crippen LogP contribution in [0.1, 0.15) is 29.9 Å². The number of fused-ring (bicyclic) bond motifs is 1. The molecule has 1 atom stereocenters. The molecule has 0 bridgehead atoms. The van der Waals surface area contributed by atoms with Crippen LogP contribution < -0.4 is 0 Å². The Labute approximate surface area is 173 Å². The van der Waals surface area contributed by atoms with Crippen molar-refractivity contribution in [3.63, 3.8) is 0 Å². The summed E-state index contributed by atoms with van der Waals surface area (Å²) >= 11 is 14.6. The van der Waals surface area contributed by atoms with Gasteiger partial charge in [0.2, 0.25) is 0 Å². The minimum Gasteiger partial charge on any atom is -0.308 e. The van der Waals surface area contributed by atoms with Crippen molar-refractivity contribution in [2.45, 2.75) is 25.9 Å². The standard InChI is InChI=1S/C20H21Cl2O3PS/c1-3-24-26(23,25-4-2)17(13-14-9-5-7-11-16(14)21)20-19(22)15-10-6-8-12-18(15)27-20/h5-12,17H,3-4,13H2,1-2H3. The fourth-order valence-corrected chi connectivity index (χ4v) is 7.42. The number of rotatable bonds is 8. The molecule has 7 heteroatoms. The first-order chi connectivity index (χ1) is 13.0. The number of hydrogen-bond donors (Lipinski definition) is 0. The van der Waals surface area contributed by atoms with Crippen LogP contribution >= 0.6 is 42.1 Å². The Balaban J connectivity index is 2.15. The third-order valence-corrected chi connectivity index (χ3v) is 9.02. The third kappa shape index (κ3) is 4.42. The molecule has 0 spiro atoms. The van der Waals surface area contributed by atoms with Crippen molar-refractivity contribution in [2.75, 3.05) is 13.2 Å². The van der Waals surface area contributed by atoms with E-state index < -0.39 is 13.3 Å². The first-order valence-corrected chi connectivity index (χ1v) is 12.0. The number of thiophene rings is 1. The lowest BCUT2D eigenvalue weighted by atomic mass is 10.1. The van der Waals surface area contributed by atoms with E-state index in [1.54, 1.807) is 0 Å². The smallest absolute Gasteiger partial charge is 0.308 e. The van der Waals surface area contributed by atoms with Gasteiger partial charge in [0.25, 0.3) is 0 Å². The predicted octanol–water partition coefficient (Wildman–Crippen LogP) is 7.76. The summed E-state index contributed by atoms with van der Waals surface area (Å²) in [6.45, 7) is 4.20. The van der Waals surface area contributed by atoms with Crippen LogP contribution in [-0.2, 0) is 20.0 Å². The van der Waals surface area contributed by atoms with E-state index in [1.165, 1.54) is 11.3 Å². The highest BCUT2D eigenvalue weighted by atomic mass is 35.5. The van der Waals surface area contributed by atoms with E-state index >= 15 is 0 Å². The molecule has 0 aliphatic heterocycles. The molecule has 1 aromatic heterocycles. The Morgan fingerprint density at radius 1 is 1.00 bits per heavy atom. The molecule has 3 nitrogen and oxygen atoms in total. The van der Waals surface area contributed by atoms with Gasteiger partial charge in [0.05, 0.1) is 18.2 Å². The molecule has 0 aliphatic carbocycles. The molecular formula is C20H21Cl2O3PS. The summed E-state index contributed by atoms with van der Waals surface area (Å²) in [6, 6.07) is 15.4. The summed E-state index contributed by atoms with van der Waals surface area (Å²) in [4.78, 5) is 0.808. The SMILES string of the molecule is CCOP(=O)(OCC)C(Cc1ccccc1Cl)c1sc2ccccc2c1Cl. The molecule has 3 aromatic rings. The lowest BCUT2D eigenvalue weighted by Crippen LogP contribution is -2.09. The van der Waals surface area contributed by atoms with E-state index in [0.29, 0.717) is 29.7 Å². The van der Waals surface area contributed by atoms with Crippen molar-refractivity contribution < 1.29 is 13.6 Å². The van der Waals surface area contributed by atoms with Crippen LogP contribution in [0.3, 0.4) is 0 Å². The zero-order valence-corrected chi connectivity index (χ0v) is 18.4. The van der Waals surface area contributed by atoms with E-state index in [9.17, 15) is 4.57 Å². The maximum absolute atomic E-state index is 13.7. The predicted molar refractivity (Wildman–Crippen MR) is 116 cm³/mol. The molecule has 1 unspecified atom stereocenters. The molecule has 0 radical (unpaired) electrons. The van der Waals surface area contributed by atoms with E-state index in [-0.39, 0.29) is 0 Å². The minimum atomic E-state index is -3.45. The molecule has 3 rings (SSSR count). The molecule has 27 heavy (non-hydrogen) atoms. The lowest BCUT2D eigenvalue weighted by molar-refractivity contribution is 0.212. The van der Waals surface area contributed by atoms with Crippen LogP contribution in [0.25, 0.3) is 10.1 Å². The van der Waals surface area contributed by atoms with Gasteiger partial charge in [-0.2, -0.15) is 0 Å². The second-order valence-electron chi connectivity index (χ2n) is 5.96. The van der Waals surface area contributed by atoms with Crippen LogP contribution in [0.15, 0.2) is 48.5 Å². The van der Waals surface area contributed by atoms with Gasteiger partial charge >= 0.3 is 7.60 Å². The largest absolute Gasteiger partial charge is 0.339 e. The zero-order valence-electron chi connectivity index (χ0n) is 15.2. The van der Waals surface area contributed by atoms with Crippen LogP contribution in [0, 0.1) is 0 Å². The van der Waals surface area contributed by atoms with Gasteiger partial charge in [-0.25, -0.2) is 0 Å². The summed E-state index contributed by atoms with van der Waals surface area (Å²) in [7, 11) is -3.45. The highest BCUT2D eigenvalue weighted by Crippen LogP contribution is 2.64. The van der Waals surface area contributed by atoms with E-state index in [2.05, 4.69) is 0 Å². The molecule has 0 aliphatic rings. The van der Waals surface area contributed by atoms with Gasteiger partial charge in [0, 0.05) is 20.0 Å². The fourth-order valence-electron chi connectivity index (χ4n) is 3.04. The lowest BCUT2D eigenvalue weighted by Gasteiger charge is -2.26. The van der Waals surface area contributed by atoms with Crippen molar-refractivity contribution >= 4 is 52.2 Å². The van der Waals surface area contributed by atoms with Gasteiger partial charge in [-0.1, -0.05) is 59.6 Å². The summed E-state index contributed by atoms with van der Waals surface area (Å²) in [5.74, 6) is 0. The second-order valence-corrected chi connectivity index (χ2v) is 10.1. The van der Waals surface area contributed by atoms with Gasteiger partial charge < -0.3 is 9.05 Å². The van der Waals surface area contributed by atoms with Gasteiger partial charge in [0.15, 0.2) is 0 Å². The van der Waals surface area contributed by atoms with E-state index in [0.717, 1.165) is 20.5 Å². The Morgan fingerprint density at radius 2 is 1.63 bits per heavy atom. The normalized spacial score (nSPS) is 13.2. The van der Waals surface area contributed by atoms with Crippen molar-refractivity contribution in [3.8, 4) is 0 Å². The van der Waals surface area contributed by atoms with E-state index in [4.69, 9.17) is 32.2 Å². The second kappa shape index (κ2) is 9.09. The molecule has 0 saturated heterocycles. The topological polar surface area (TPSA) is 35.5 Å². The van der Waals surface area contributed by atoms with Crippen LogP contribution in [-0.4, -0.2) is 13.2 Å². The van der Waals surface area contributed by atoms with Crippen molar-refractivity contribution in [1.82, 2.24) is 0 Å². The monoisotopic (exact) mass is 442 g/mol. The summed E-state index contributed by atoms with van der Waals surface area (Å²) in [5.41, 5.74) is 0.361. The third-order valence-electron chi connectivity index (χ3n) is 4.23. The van der Waals surface area contributed by atoms with Gasteiger partial charge in [-0.3, -0.25) is 4.57 Å². The number of halogens is 2. The fraction of sp³-hybridized carbons (Fsp3) is 0.300.